The number of carbonyl (C=O) groups excluding carboxylic acids is 1. The molecule has 2 N–H and O–H groups in total. The van der Waals surface area contributed by atoms with Gasteiger partial charge in [0.15, 0.2) is 0 Å². The van der Waals surface area contributed by atoms with Crippen molar-refractivity contribution >= 4 is 17.5 Å². The SMILES string of the molecule is NC(=O)Cn1c(Cc2ccccc2)nn(-c2ccc(Cl)cc2)c1=O. The largest absolute Gasteiger partial charge is 0.368 e. The van der Waals surface area contributed by atoms with Gasteiger partial charge in [-0.1, -0.05) is 41.9 Å². The number of aromatic nitrogens is 3. The molecule has 0 saturated heterocycles. The summed E-state index contributed by atoms with van der Waals surface area (Å²) in [5, 5.41) is 4.94. The maximum absolute atomic E-state index is 12.6. The highest BCUT2D eigenvalue weighted by molar-refractivity contribution is 6.30. The molecular formula is C17H15ClN4O2. The molecule has 1 amide bonds. The predicted octanol–water partition coefficient (Wildman–Crippen LogP) is 1.76. The summed E-state index contributed by atoms with van der Waals surface area (Å²) >= 11 is 5.88. The Bertz CT molecular complexity index is 914. The molecule has 0 aliphatic heterocycles. The number of rotatable bonds is 5. The van der Waals surface area contributed by atoms with Crippen LogP contribution in [0.3, 0.4) is 0 Å². The van der Waals surface area contributed by atoms with E-state index in [9.17, 15) is 9.59 Å². The number of halogens is 1. The molecule has 6 nitrogen and oxygen atoms in total. The van der Waals surface area contributed by atoms with Crippen LogP contribution in [0.15, 0.2) is 59.4 Å². The maximum atomic E-state index is 12.6. The van der Waals surface area contributed by atoms with Crippen molar-refractivity contribution in [2.75, 3.05) is 0 Å². The van der Waals surface area contributed by atoms with Crippen LogP contribution in [0.25, 0.3) is 5.69 Å². The van der Waals surface area contributed by atoms with E-state index in [1.807, 2.05) is 30.3 Å². The van der Waals surface area contributed by atoms with Crippen LogP contribution < -0.4 is 11.4 Å². The normalized spacial score (nSPS) is 10.7. The van der Waals surface area contributed by atoms with Gasteiger partial charge in [-0.05, 0) is 29.8 Å². The van der Waals surface area contributed by atoms with E-state index in [0.29, 0.717) is 23.0 Å². The molecule has 0 aliphatic rings. The van der Waals surface area contributed by atoms with Crippen LogP contribution in [-0.2, 0) is 17.8 Å². The summed E-state index contributed by atoms with van der Waals surface area (Å²) in [6, 6.07) is 16.3. The molecule has 3 rings (SSSR count). The molecule has 0 atom stereocenters. The highest BCUT2D eigenvalue weighted by Crippen LogP contribution is 2.13. The van der Waals surface area contributed by atoms with E-state index in [1.165, 1.54) is 9.25 Å². The second kappa shape index (κ2) is 6.72. The lowest BCUT2D eigenvalue weighted by molar-refractivity contribution is -0.118. The predicted molar refractivity (Wildman–Crippen MR) is 91.3 cm³/mol. The van der Waals surface area contributed by atoms with Crippen LogP contribution in [0.1, 0.15) is 11.4 Å². The average molecular weight is 343 g/mol. The lowest BCUT2D eigenvalue weighted by Gasteiger charge is -2.02. The summed E-state index contributed by atoms with van der Waals surface area (Å²) in [5.41, 5.74) is 6.41. The van der Waals surface area contributed by atoms with Crippen molar-refractivity contribution in [2.24, 2.45) is 5.73 Å². The number of hydrogen-bond donors (Lipinski definition) is 1. The summed E-state index contributed by atoms with van der Waals surface area (Å²) in [7, 11) is 0. The molecule has 0 fully saturated rings. The Kier molecular flexibility index (Phi) is 4.48. The number of nitrogens with two attached hydrogens (primary N) is 1. The zero-order valence-corrected chi connectivity index (χ0v) is 13.5. The number of nitrogens with zero attached hydrogens (tertiary/aromatic N) is 3. The first-order chi connectivity index (χ1) is 11.5. The van der Waals surface area contributed by atoms with Crippen LogP contribution in [-0.4, -0.2) is 20.3 Å². The van der Waals surface area contributed by atoms with Crippen molar-refractivity contribution in [1.82, 2.24) is 14.3 Å². The molecule has 0 bridgehead atoms. The lowest BCUT2D eigenvalue weighted by atomic mass is 10.1. The molecule has 7 heteroatoms. The smallest absolute Gasteiger partial charge is 0.351 e. The number of primary amides is 1. The van der Waals surface area contributed by atoms with Gasteiger partial charge in [-0.3, -0.25) is 9.36 Å². The molecule has 3 aromatic rings. The first kappa shape index (κ1) is 16.0. The maximum Gasteiger partial charge on any atom is 0.351 e. The van der Waals surface area contributed by atoms with Crippen molar-refractivity contribution in [3.05, 3.63) is 81.5 Å². The monoisotopic (exact) mass is 342 g/mol. The van der Waals surface area contributed by atoms with Crippen molar-refractivity contribution in [3.8, 4) is 5.69 Å². The van der Waals surface area contributed by atoms with Crippen LogP contribution >= 0.6 is 11.6 Å². The summed E-state index contributed by atoms with van der Waals surface area (Å²) in [6.45, 7) is -0.214. The van der Waals surface area contributed by atoms with Crippen LogP contribution in [0.4, 0.5) is 0 Å². The fourth-order valence-electron chi connectivity index (χ4n) is 2.41. The summed E-state index contributed by atoms with van der Waals surface area (Å²) < 4.78 is 2.54. The van der Waals surface area contributed by atoms with Crippen LogP contribution in [0.2, 0.25) is 5.02 Å². The van der Waals surface area contributed by atoms with Gasteiger partial charge in [-0.25, -0.2) is 4.79 Å². The van der Waals surface area contributed by atoms with E-state index in [4.69, 9.17) is 17.3 Å². The highest BCUT2D eigenvalue weighted by atomic mass is 35.5. The summed E-state index contributed by atoms with van der Waals surface area (Å²) in [4.78, 5) is 23.9. The third-order valence-corrected chi connectivity index (χ3v) is 3.78. The van der Waals surface area contributed by atoms with E-state index in [1.54, 1.807) is 24.3 Å². The topological polar surface area (TPSA) is 82.9 Å². The number of benzene rings is 2. The molecule has 0 saturated carbocycles. The Morgan fingerprint density at radius 1 is 1.08 bits per heavy atom. The molecule has 24 heavy (non-hydrogen) atoms. The molecule has 2 aromatic carbocycles. The first-order valence-electron chi connectivity index (χ1n) is 7.31. The zero-order chi connectivity index (χ0) is 17.1. The Morgan fingerprint density at radius 3 is 2.38 bits per heavy atom. The van der Waals surface area contributed by atoms with Crippen LogP contribution in [0.5, 0.6) is 0 Å². The lowest BCUT2D eigenvalue weighted by Crippen LogP contribution is -2.30. The first-order valence-corrected chi connectivity index (χ1v) is 7.69. The third kappa shape index (κ3) is 3.38. The Balaban J connectivity index is 2.06. The van der Waals surface area contributed by atoms with E-state index < -0.39 is 11.6 Å². The van der Waals surface area contributed by atoms with Gasteiger partial charge in [-0.2, -0.15) is 4.68 Å². The van der Waals surface area contributed by atoms with Crippen molar-refractivity contribution < 1.29 is 4.79 Å². The second-order valence-electron chi connectivity index (χ2n) is 5.30. The van der Waals surface area contributed by atoms with Gasteiger partial charge >= 0.3 is 5.69 Å². The average Bonchev–Trinajstić information content (AvgIpc) is 2.85. The second-order valence-corrected chi connectivity index (χ2v) is 5.74. The standard InChI is InChI=1S/C17H15ClN4O2/c18-13-6-8-14(9-7-13)22-17(24)21(11-15(19)23)16(20-22)10-12-4-2-1-3-5-12/h1-9H,10-11H2,(H2,19,23). The van der Waals surface area contributed by atoms with Crippen molar-refractivity contribution in [1.29, 1.82) is 0 Å². The van der Waals surface area contributed by atoms with E-state index in [2.05, 4.69) is 5.10 Å². The summed E-state index contributed by atoms with van der Waals surface area (Å²) in [5.74, 6) is -0.123. The molecular weight excluding hydrogens is 328 g/mol. The van der Waals surface area contributed by atoms with E-state index >= 15 is 0 Å². The molecule has 0 aliphatic carbocycles. The Hall–Kier alpha value is -2.86. The van der Waals surface area contributed by atoms with Gasteiger partial charge in [-0.15, -0.1) is 5.10 Å². The highest BCUT2D eigenvalue weighted by Gasteiger charge is 2.16. The van der Waals surface area contributed by atoms with Crippen LogP contribution in [0, 0.1) is 0 Å². The molecule has 0 spiro atoms. The summed E-state index contributed by atoms with van der Waals surface area (Å²) in [6.07, 6.45) is 0.421. The molecule has 0 radical (unpaired) electrons. The number of carbonyl (C=O) groups is 1. The quantitative estimate of drug-likeness (QED) is 0.767. The number of hydrogen-bond acceptors (Lipinski definition) is 3. The Morgan fingerprint density at radius 2 is 1.75 bits per heavy atom. The molecule has 122 valence electrons. The van der Waals surface area contributed by atoms with Gasteiger partial charge < -0.3 is 5.73 Å². The minimum Gasteiger partial charge on any atom is -0.368 e. The fourth-order valence-corrected chi connectivity index (χ4v) is 2.54. The van der Waals surface area contributed by atoms with Gasteiger partial charge in [0.2, 0.25) is 5.91 Å². The van der Waals surface area contributed by atoms with E-state index in [0.717, 1.165) is 5.56 Å². The minimum atomic E-state index is -0.595. The third-order valence-electron chi connectivity index (χ3n) is 3.53. The van der Waals surface area contributed by atoms with Gasteiger partial charge in [0.25, 0.3) is 0 Å². The van der Waals surface area contributed by atoms with E-state index in [-0.39, 0.29) is 6.54 Å². The Labute approximate surface area is 143 Å². The van der Waals surface area contributed by atoms with Crippen molar-refractivity contribution in [2.45, 2.75) is 13.0 Å². The molecule has 1 heterocycles. The van der Waals surface area contributed by atoms with Gasteiger partial charge in [0.1, 0.15) is 12.4 Å². The minimum absolute atomic E-state index is 0.214. The zero-order valence-electron chi connectivity index (χ0n) is 12.7. The number of amides is 1. The molecule has 0 unspecified atom stereocenters. The van der Waals surface area contributed by atoms with Gasteiger partial charge in [0.05, 0.1) is 5.69 Å². The van der Waals surface area contributed by atoms with Crippen molar-refractivity contribution in [3.63, 3.8) is 0 Å². The fraction of sp³-hybridized carbons (Fsp3) is 0.118. The van der Waals surface area contributed by atoms with Gasteiger partial charge in [0, 0.05) is 11.4 Å². The molecule has 1 aromatic heterocycles.